The molecule has 0 saturated heterocycles. The number of carboxylic acids is 1. The van der Waals surface area contributed by atoms with E-state index in [1.165, 1.54) is 6.92 Å². The van der Waals surface area contributed by atoms with Crippen molar-refractivity contribution < 1.29 is 40.2 Å². The van der Waals surface area contributed by atoms with Gasteiger partial charge < -0.3 is 36.0 Å². The summed E-state index contributed by atoms with van der Waals surface area (Å²) in [5.41, 5.74) is -2.28. The summed E-state index contributed by atoms with van der Waals surface area (Å²) >= 11 is 0. The van der Waals surface area contributed by atoms with E-state index in [0.717, 1.165) is 0 Å². The monoisotopic (exact) mass is 307 g/mol. The molecular formula is C12H21NO8. The number of rotatable bonds is 5. The summed E-state index contributed by atoms with van der Waals surface area (Å²) in [4.78, 5) is 22.3. The molecule has 0 bridgehead atoms. The molecule has 0 spiro atoms. The first kappa shape index (κ1) is 17.8. The van der Waals surface area contributed by atoms with Crippen molar-refractivity contribution in [3.05, 3.63) is 0 Å². The van der Waals surface area contributed by atoms with Crippen LogP contribution in [0.2, 0.25) is 0 Å². The topological polar surface area (TPSA) is 168 Å². The Morgan fingerprint density at radius 1 is 1.33 bits per heavy atom. The van der Waals surface area contributed by atoms with Crippen LogP contribution >= 0.6 is 0 Å². The molecule has 1 aliphatic carbocycles. The maximum Gasteiger partial charge on any atom is 0.335 e. The molecule has 7 N–H and O–H groups in total. The van der Waals surface area contributed by atoms with Crippen molar-refractivity contribution in [3.63, 3.8) is 0 Å². The quantitative estimate of drug-likeness (QED) is 0.278. The Kier molecular flexibility index (Phi) is 5.65. The van der Waals surface area contributed by atoms with E-state index in [9.17, 15) is 30.0 Å². The Balaban J connectivity index is 3.07. The van der Waals surface area contributed by atoms with Crippen LogP contribution in [0.4, 0.5) is 0 Å². The molecule has 0 heterocycles. The van der Waals surface area contributed by atoms with Crippen LogP contribution in [0.15, 0.2) is 0 Å². The average Bonchev–Trinajstić information content (AvgIpc) is 2.39. The molecule has 9 nitrogen and oxygen atoms in total. The zero-order chi connectivity index (χ0) is 16.4. The second kappa shape index (κ2) is 6.67. The SMILES string of the molecule is CC(=O)N[C@H]1C([C@H](O)[C@H](O)CO)C[C@@](O)(C(=O)O)C[C@H]1O. The molecule has 1 aliphatic rings. The molecule has 1 fully saturated rings. The summed E-state index contributed by atoms with van der Waals surface area (Å²) in [6.07, 6.45) is -5.63. The highest BCUT2D eigenvalue weighted by atomic mass is 16.4. The molecule has 1 rings (SSSR count). The molecule has 0 aliphatic heterocycles. The number of aliphatic carboxylic acids is 1. The predicted molar refractivity (Wildman–Crippen MR) is 68.0 cm³/mol. The third-order valence-electron chi connectivity index (χ3n) is 3.78. The Labute approximate surface area is 120 Å². The third kappa shape index (κ3) is 3.89. The highest BCUT2D eigenvalue weighted by molar-refractivity contribution is 5.78. The number of nitrogens with one attached hydrogen (secondary N) is 1. The van der Waals surface area contributed by atoms with Gasteiger partial charge >= 0.3 is 5.97 Å². The summed E-state index contributed by atoms with van der Waals surface area (Å²) in [5, 5.41) is 59.8. The minimum Gasteiger partial charge on any atom is -0.479 e. The van der Waals surface area contributed by atoms with Gasteiger partial charge in [0.15, 0.2) is 5.60 Å². The molecule has 122 valence electrons. The van der Waals surface area contributed by atoms with E-state index in [-0.39, 0.29) is 0 Å². The van der Waals surface area contributed by atoms with Gasteiger partial charge in [-0.3, -0.25) is 4.79 Å². The van der Waals surface area contributed by atoms with Crippen molar-refractivity contribution >= 4 is 11.9 Å². The smallest absolute Gasteiger partial charge is 0.335 e. The van der Waals surface area contributed by atoms with Gasteiger partial charge in [0.1, 0.15) is 6.10 Å². The van der Waals surface area contributed by atoms with Crippen LogP contribution in [0.1, 0.15) is 19.8 Å². The van der Waals surface area contributed by atoms with Crippen LogP contribution in [-0.2, 0) is 9.59 Å². The predicted octanol–water partition coefficient (Wildman–Crippen LogP) is -3.21. The lowest BCUT2D eigenvalue weighted by atomic mass is 9.70. The van der Waals surface area contributed by atoms with E-state index in [1.807, 2.05) is 0 Å². The van der Waals surface area contributed by atoms with Crippen LogP contribution in [0.25, 0.3) is 0 Å². The number of aliphatic hydroxyl groups is 5. The van der Waals surface area contributed by atoms with Crippen molar-refractivity contribution in [3.8, 4) is 0 Å². The lowest BCUT2D eigenvalue weighted by Crippen LogP contribution is -2.62. The van der Waals surface area contributed by atoms with E-state index in [1.54, 1.807) is 0 Å². The number of aliphatic hydroxyl groups excluding tert-OH is 4. The van der Waals surface area contributed by atoms with Gasteiger partial charge in [-0.1, -0.05) is 0 Å². The molecule has 0 aromatic rings. The second-order valence-corrected chi connectivity index (χ2v) is 5.44. The summed E-state index contributed by atoms with van der Waals surface area (Å²) in [5.74, 6) is -3.23. The number of amides is 1. The van der Waals surface area contributed by atoms with Crippen LogP contribution in [0.5, 0.6) is 0 Å². The summed E-state index contributed by atoms with van der Waals surface area (Å²) in [6.45, 7) is 0.392. The van der Waals surface area contributed by atoms with E-state index in [0.29, 0.717) is 0 Å². The highest BCUT2D eigenvalue weighted by Gasteiger charge is 2.52. The first-order valence-corrected chi connectivity index (χ1v) is 6.50. The molecule has 9 heteroatoms. The zero-order valence-electron chi connectivity index (χ0n) is 11.5. The van der Waals surface area contributed by atoms with Crippen LogP contribution < -0.4 is 5.32 Å². The average molecular weight is 307 g/mol. The maximum absolute atomic E-state index is 11.2. The van der Waals surface area contributed by atoms with E-state index >= 15 is 0 Å². The van der Waals surface area contributed by atoms with Gasteiger partial charge in [-0.05, 0) is 6.42 Å². The summed E-state index contributed by atoms with van der Waals surface area (Å²) < 4.78 is 0. The van der Waals surface area contributed by atoms with Gasteiger partial charge in [-0.15, -0.1) is 0 Å². The lowest BCUT2D eigenvalue weighted by molar-refractivity contribution is -0.178. The van der Waals surface area contributed by atoms with Gasteiger partial charge in [0.25, 0.3) is 0 Å². The van der Waals surface area contributed by atoms with E-state index in [2.05, 4.69) is 5.32 Å². The standard InChI is InChI=1S/C12H21NO8/c1-5(15)13-9-6(10(18)8(17)4-14)2-12(21,11(19)20)3-7(9)16/h6-10,14,16-18,21H,2-4H2,1H3,(H,13,15)(H,19,20)/t6?,7-,8-,9+,10+,12+/m1/s1. The minimum atomic E-state index is -2.28. The Bertz CT molecular complexity index is 403. The van der Waals surface area contributed by atoms with Gasteiger partial charge in [0.05, 0.1) is 24.9 Å². The Morgan fingerprint density at radius 2 is 1.90 bits per heavy atom. The van der Waals surface area contributed by atoms with Gasteiger partial charge in [-0.2, -0.15) is 0 Å². The van der Waals surface area contributed by atoms with Crippen molar-refractivity contribution in [1.82, 2.24) is 5.32 Å². The zero-order valence-corrected chi connectivity index (χ0v) is 11.5. The largest absolute Gasteiger partial charge is 0.479 e. The molecule has 6 atom stereocenters. The first-order valence-electron chi connectivity index (χ1n) is 6.50. The molecule has 0 aromatic heterocycles. The van der Waals surface area contributed by atoms with E-state index in [4.69, 9.17) is 10.2 Å². The molecule has 1 saturated carbocycles. The van der Waals surface area contributed by atoms with Crippen LogP contribution in [0.3, 0.4) is 0 Å². The maximum atomic E-state index is 11.2. The minimum absolute atomic E-state index is 0.484. The molecule has 1 amide bonds. The number of carbonyl (C=O) groups is 2. The molecule has 21 heavy (non-hydrogen) atoms. The number of hydrogen-bond donors (Lipinski definition) is 7. The highest BCUT2D eigenvalue weighted by Crippen LogP contribution is 2.36. The molecule has 0 radical (unpaired) electrons. The van der Waals surface area contributed by atoms with E-state index < -0.39 is 67.2 Å². The molecular weight excluding hydrogens is 286 g/mol. The fraction of sp³-hybridized carbons (Fsp3) is 0.833. The van der Waals surface area contributed by atoms with Crippen molar-refractivity contribution in [2.24, 2.45) is 5.92 Å². The van der Waals surface area contributed by atoms with Crippen molar-refractivity contribution in [2.45, 2.75) is 49.7 Å². The number of hydrogen-bond acceptors (Lipinski definition) is 7. The van der Waals surface area contributed by atoms with Gasteiger partial charge in [0.2, 0.25) is 5.91 Å². The second-order valence-electron chi connectivity index (χ2n) is 5.44. The molecule has 1 unspecified atom stereocenters. The Morgan fingerprint density at radius 3 is 2.33 bits per heavy atom. The number of carbonyl (C=O) groups excluding carboxylic acids is 1. The normalized spacial score (nSPS) is 35.8. The summed E-state index contributed by atoms with van der Waals surface area (Å²) in [6, 6.07) is -1.04. The summed E-state index contributed by atoms with van der Waals surface area (Å²) in [7, 11) is 0. The third-order valence-corrected chi connectivity index (χ3v) is 3.78. The fourth-order valence-corrected chi connectivity index (χ4v) is 2.70. The fourth-order valence-electron chi connectivity index (χ4n) is 2.70. The first-order chi connectivity index (χ1) is 9.62. The Hall–Kier alpha value is -1.26. The van der Waals surface area contributed by atoms with Gasteiger partial charge in [0, 0.05) is 19.3 Å². The van der Waals surface area contributed by atoms with Crippen LogP contribution in [-0.4, -0.2) is 79.1 Å². The van der Waals surface area contributed by atoms with Gasteiger partial charge in [-0.25, -0.2) is 4.79 Å². The molecule has 0 aromatic carbocycles. The van der Waals surface area contributed by atoms with Crippen LogP contribution in [0, 0.1) is 5.92 Å². The number of carboxylic acid groups (broad SMARTS) is 1. The van der Waals surface area contributed by atoms with Crippen molar-refractivity contribution in [2.75, 3.05) is 6.61 Å². The lowest BCUT2D eigenvalue weighted by Gasteiger charge is -2.44. The van der Waals surface area contributed by atoms with Crippen molar-refractivity contribution in [1.29, 1.82) is 0 Å².